The zero-order valence-corrected chi connectivity index (χ0v) is 15.1. The highest BCUT2D eigenvalue weighted by Crippen LogP contribution is 2.21. The van der Waals surface area contributed by atoms with Crippen LogP contribution in [0.5, 0.6) is 0 Å². The van der Waals surface area contributed by atoms with Crippen LogP contribution >= 0.6 is 0 Å². The Hall–Kier alpha value is -3.56. The summed E-state index contributed by atoms with van der Waals surface area (Å²) in [6, 6.07) is 1.79. The van der Waals surface area contributed by atoms with Gasteiger partial charge in [0, 0.05) is 18.1 Å². The lowest BCUT2D eigenvalue weighted by molar-refractivity contribution is -0.116. The minimum atomic E-state index is -0.133. The topological polar surface area (TPSA) is 127 Å². The molecule has 10 nitrogen and oxygen atoms in total. The van der Waals surface area contributed by atoms with Crippen molar-refractivity contribution in [2.75, 3.05) is 5.32 Å². The second-order valence-electron chi connectivity index (χ2n) is 6.23. The zero-order valence-electron chi connectivity index (χ0n) is 15.1. The molecule has 4 aromatic heterocycles. The van der Waals surface area contributed by atoms with E-state index in [9.17, 15) is 4.79 Å². The molecule has 0 unspecified atom stereocenters. The van der Waals surface area contributed by atoms with Gasteiger partial charge in [-0.15, -0.1) is 0 Å². The van der Waals surface area contributed by atoms with E-state index in [0.717, 1.165) is 22.7 Å². The number of H-pyrrole nitrogens is 1. The van der Waals surface area contributed by atoms with E-state index in [1.807, 2.05) is 20.8 Å². The van der Waals surface area contributed by atoms with Gasteiger partial charge in [0.1, 0.15) is 23.4 Å². The molecule has 0 fully saturated rings. The number of aromatic nitrogens is 7. The van der Waals surface area contributed by atoms with Crippen molar-refractivity contribution in [1.29, 1.82) is 0 Å². The normalized spacial score (nSPS) is 11.2. The van der Waals surface area contributed by atoms with Crippen LogP contribution in [0, 0.1) is 20.8 Å². The number of aryl methyl sites for hydroxylation is 3. The summed E-state index contributed by atoms with van der Waals surface area (Å²) in [5.41, 5.74) is 3.70. The Morgan fingerprint density at radius 2 is 2.11 bits per heavy atom. The van der Waals surface area contributed by atoms with Crippen LogP contribution in [0.1, 0.15) is 29.1 Å². The lowest BCUT2D eigenvalue weighted by atomic mass is 10.1. The van der Waals surface area contributed by atoms with E-state index in [1.165, 1.54) is 6.33 Å². The van der Waals surface area contributed by atoms with Gasteiger partial charge in [0.05, 0.1) is 17.7 Å². The Labute approximate surface area is 154 Å². The van der Waals surface area contributed by atoms with Gasteiger partial charge in [-0.05, 0) is 27.2 Å². The number of carbonyl (C=O) groups excluding carboxylic acids is 1. The minimum absolute atomic E-state index is 0.133. The monoisotopic (exact) mass is 366 g/mol. The lowest BCUT2D eigenvalue weighted by Gasteiger charge is -2.08. The molecule has 0 aliphatic rings. The minimum Gasteiger partial charge on any atom is -0.361 e. The van der Waals surface area contributed by atoms with Crippen LogP contribution < -0.4 is 5.32 Å². The molecule has 27 heavy (non-hydrogen) atoms. The maximum absolute atomic E-state index is 12.5. The second-order valence-corrected chi connectivity index (χ2v) is 6.23. The molecule has 0 saturated carbocycles. The van der Waals surface area contributed by atoms with Crippen molar-refractivity contribution in [3.05, 3.63) is 41.4 Å². The van der Waals surface area contributed by atoms with Crippen LogP contribution in [0.25, 0.3) is 17.0 Å². The molecule has 0 aliphatic heterocycles. The highest BCUT2D eigenvalue weighted by Gasteiger charge is 2.17. The Morgan fingerprint density at radius 3 is 2.89 bits per heavy atom. The maximum atomic E-state index is 12.5. The van der Waals surface area contributed by atoms with E-state index in [-0.39, 0.29) is 5.91 Å². The number of imidazole rings is 1. The number of carbonyl (C=O) groups is 1. The van der Waals surface area contributed by atoms with Gasteiger partial charge in [-0.25, -0.2) is 15.0 Å². The molecule has 0 aromatic carbocycles. The molecule has 4 rings (SSSR count). The molecular weight excluding hydrogens is 348 g/mol. The quantitative estimate of drug-likeness (QED) is 0.553. The highest BCUT2D eigenvalue weighted by atomic mass is 16.5. The molecule has 138 valence electrons. The van der Waals surface area contributed by atoms with Crippen molar-refractivity contribution >= 4 is 22.9 Å². The molecule has 0 atom stereocenters. The van der Waals surface area contributed by atoms with Crippen LogP contribution in [0.3, 0.4) is 0 Å². The number of rotatable bonds is 5. The molecule has 0 saturated heterocycles. The van der Waals surface area contributed by atoms with Crippen LogP contribution in [0.2, 0.25) is 0 Å². The van der Waals surface area contributed by atoms with Gasteiger partial charge in [0.25, 0.3) is 0 Å². The summed E-state index contributed by atoms with van der Waals surface area (Å²) < 4.78 is 6.71. The molecule has 10 heteroatoms. The predicted octanol–water partition coefficient (Wildman–Crippen LogP) is 2.02. The summed E-state index contributed by atoms with van der Waals surface area (Å²) in [7, 11) is 0. The smallest absolute Gasteiger partial charge is 0.225 e. The van der Waals surface area contributed by atoms with Gasteiger partial charge >= 0.3 is 0 Å². The van der Waals surface area contributed by atoms with Gasteiger partial charge in [0.15, 0.2) is 11.5 Å². The number of aromatic amines is 1. The van der Waals surface area contributed by atoms with Crippen molar-refractivity contribution in [3.63, 3.8) is 0 Å². The SMILES string of the molecule is Cc1cc(NC(=O)CCc2c(C)noc2C)n(-c2ncnc3nc[nH]c23)n1. The van der Waals surface area contributed by atoms with Crippen molar-refractivity contribution < 1.29 is 9.32 Å². The Bertz CT molecular complexity index is 1100. The van der Waals surface area contributed by atoms with Gasteiger partial charge in [0.2, 0.25) is 5.91 Å². The number of fused-ring (bicyclic) bond motifs is 1. The van der Waals surface area contributed by atoms with E-state index < -0.39 is 0 Å². The van der Waals surface area contributed by atoms with Crippen LogP contribution in [-0.4, -0.2) is 40.8 Å². The van der Waals surface area contributed by atoms with Crippen molar-refractivity contribution in [2.24, 2.45) is 0 Å². The van der Waals surface area contributed by atoms with Gasteiger partial charge in [-0.1, -0.05) is 5.16 Å². The van der Waals surface area contributed by atoms with E-state index in [2.05, 4.69) is 35.5 Å². The van der Waals surface area contributed by atoms with E-state index in [0.29, 0.717) is 35.6 Å². The van der Waals surface area contributed by atoms with E-state index in [4.69, 9.17) is 4.52 Å². The fraction of sp³-hybridized carbons (Fsp3) is 0.294. The lowest BCUT2D eigenvalue weighted by Crippen LogP contribution is -2.16. The summed E-state index contributed by atoms with van der Waals surface area (Å²) in [5.74, 6) is 1.66. The Balaban J connectivity index is 1.56. The number of hydrogen-bond donors (Lipinski definition) is 2. The number of nitrogens with zero attached hydrogens (tertiary/aromatic N) is 6. The summed E-state index contributed by atoms with van der Waals surface area (Å²) in [5, 5.41) is 11.3. The third-order valence-electron chi connectivity index (χ3n) is 4.29. The van der Waals surface area contributed by atoms with Crippen LogP contribution in [0.15, 0.2) is 23.2 Å². The third kappa shape index (κ3) is 3.16. The fourth-order valence-corrected chi connectivity index (χ4v) is 2.97. The van der Waals surface area contributed by atoms with Gasteiger partial charge in [-0.3, -0.25) is 4.79 Å². The molecule has 0 spiro atoms. The largest absolute Gasteiger partial charge is 0.361 e. The first-order valence-corrected chi connectivity index (χ1v) is 8.45. The molecular formula is C17H18N8O2. The summed E-state index contributed by atoms with van der Waals surface area (Å²) >= 11 is 0. The third-order valence-corrected chi connectivity index (χ3v) is 4.29. The van der Waals surface area contributed by atoms with Crippen LogP contribution in [0.4, 0.5) is 5.82 Å². The zero-order chi connectivity index (χ0) is 19.0. The highest BCUT2D eigenvalue weighted by molar-refractivity contribution is 5.91. The Kier molecular flexibility index (Phi) is 4.15. The first-order chi connectivity index (χ1) is 13.0. The van der Waals surface area contributed by atoms with Crippen LogP contribution in [-0.2, 0) is 11.2 Å². The maximum Gasteiger partial charge on any atom is 0.225 e. The van der Waals surface area contributed by atoms with Crippen molar-refractivity contribution in [2.45, 2.75) is 33.6 Å². The summed E-state index contributed by atoms with van der Waals surface area (Å²) in [4.78, 5) is 28.0. The first kappa shape index (κ1) is 16.9. The first-order valence-electron chi connectivity index (χ1n) is 8.45. The molecule has 0 bridgehead atoms. The number of nitrogens with one attached hydrogen (secondary N) is 2. The summed E-state index contributed by atoms with van der Waals surface area (Å²) in [6.07, 6.45) is 3.81. The molecule has 0 radical (unpaired) electrons. The molecule has 4 aromatic rings. The van der Waals surface area contributed by atoms with Crippen molar-refractivity contribution in [3.8, 4) is 5.82 Å². The average Bonchev–Trinajstić information content (AvgIpc) is 3.33. The van der Waals surface area contributed by atoms with E-state index in [1.54, 1.807) is 17.1 Å². The predicted molar refractivity (Wildman–Crippen MR) is 96.5 cm³/mol. The number of hydrogen-bond acceptors (Lipinski definition) is 7. The number of anilines is 1. The average molecular weight is 366 g/mol. The van der Waals surface area contributed by atoms with Gasteiger partial charge in [-0.2, -0.15) is 9.78 Å². The molecule has 2 N–H and O–H groups in total. The van der Waals surface area contributed by atoms with E-state index >= 15 is 0 Å². The fourth-order valence-electron chi connectivity index (χ4n) is 2.97. The second kappa shape index (κ2) is 6.63. The Morgan fingerprint density at radius 1 is 1.26 bits per heavy atom. The molecule has 1 amide bonds. The number of amides is 1. The molecule has 4 heterocycles. The van der Waals surface area contributed by atoms with Gasteiger partial charge < -0.3 is 14.8 Å². The van der Waals surface area contributed by atoms with Crippen molar-refractivity contribution in [1.82, 2.24) is 34.9 Å². The molecule has 0 aliphatic carbocycles. The summed E-state index contributed by atoms with van der Waals surface area (Å²) in [6.45, 7) is 5.56. The standard InChI is InChI=1S/C17H18N8O2/c1-9-6-13(22-14(26)5-4-12-10(2)24-27-11(12)3)25(23-9)17-15-16(19-7-18-15)20-8-21-17/h6-8H,4-5H2,1-3H3,(H,22,26)(H,18,19,20,21).